The van der Waals surface area contributed by atoms with Gasteiger partial charge in [0.2, 0.25) is 5.78 Å². The Morgan fingerprint density at radius 1 is 1.12 bits per heavy atom. The first-order valence-electron chi connectivity index (χ1n) is 7.41. The molecular weight excluding hydrogens is 401 g/mol. The standard InChI is InChI=1S/C17H12Cl2FN2O3P/c1-10-14(17(24)21-26(18,19)25)13-4-2-3-9-22(13)15(10)16(23)11-5-7-12(20)8-6-11/h2-9H,1H3,(H,21,24,25). The first-order chi connectivity index (χ1) is 12.2. The molecule has 0 saturated carbocycles. The van der Waals surface area contributed by atoms with Crippen molar-refractivity contribution in [2.45, 2.75) is 6.92 Å². The molecule has 2 aromatic heterocycles. The summed E-state index contributed by atoms with van der Waals surface area (Å²) in [7, 11) is 0. The fourth-order valence-electron chi connectivity index (χ4n) is 2.81. The second kappa shape index (κ2) is 6.88. The summed E-state index contributed by atoms with van der Waals surface area (Å²) in [4.78, 5) is 25.4. The molecule has 0 unspecified atom stereocenters. The fourth-order valence-corrected chi connectivity index (χ4v) is 3.62. The number of nitrogens with one attached hydrogen (secondary N) is 1. The van der Waals surface area contributed by atoms with Crippen LogP contribution in [-0.4, -0.2) is 16.1 Å². The van der Waals surface area contributed by atoms with Gasteiger partial charge in [0.05, 0.1) is 16.8 Å². The summed E-state index contributed by atoms with van der Waals surface area (Å²) in [6, 6.07) is 10.1. The van der Waals surface area contributed by atoms with Gasteiger partial charge >= 0.3 is 6.00 Å². The van der Waals surface area contributed by atoms with E-state index in [1.165, 1.54) is 24.3 Å². The van der Waals surface area contributed by atoms with Gasteiger partial charge in [0.25, 0.3) is 5.91 Å². The van der Waals surface area contributed by atoms with Gasteiger partial charge < -0.3 is 4.40 Å². The van der Waals surface area contributed by atoms with Crippen molar-refractivity contribution >= 4 is 45.7 Å². The van der Waals surface area contributed by atoms with Crippen LogP contribution in [-0.2, 0) is 4.57 Å². The molecule has 0 fully saturated rings. The fraction of sp³-hybridized carbons (Fsp3) is 0.0588. The molecule has 0 atom stereocenters. The van der Waals surface area contributed by atoms with Gasteiger partial charge in [-0.3, -0.25) is 19.2 Å². The van der Waals surface area contributed by atoms with E-state index in [1.807, 2.05) is 5.09 Å². The third-order valence-corrected chi connectivity index (χ3v) is 4.84. The van der Waals surface area contributed by atoms with Crippen LogP contribution in [0.25, 0.3) is 5.52 Å². The number of amides is 1. The molecular formula is C17H12Cl2FN2O3P. The number of ketones is 1. The van der Waals surface area contributed by atoms with Gasteiger partial charge in [0.15, 0.2) is 0 Å². The van der Waals surface area contributed by atoms with Crippen molar-refractivity contribution in [3.05, 3.63) is 76.9 Å². The number of carbonyl (C=O) groups excluding carboxylic acids is 2. The van der Waals surface area contributed by atoms with Crippen LogP contribution >= 0.6 is 28.5 Å². The molecule has 2 heterocycles. The van der Waals surface area contributed by atoms with E-state index in [1.54, 1.807) is 35.7 Å². The Bertz CT molecular complexity index is 1070. The number of rotatable bonds is 4. The summed E-state index contributed by atoms with van der Waals surface area (Å²) < 4.78 is 26.2. The molecule has 5 nitrogen and oxygen atoms in total. The van der Waals surface area contributed by atoms with E-state index < -0.39 is 17.7 Å². The summed E-state index contributed by atoms with van der Waals surface area (Å²) in [6.07, 6.45) is 1.62. The molecule has 3 aromatic rings. The summed E-state index contributed by atoms with van der Waals surface area (Å²) in [5.41, 5.74) is 1.43. The number of hydrogen-bond donors (Lipinski definition) is 1. The van der Waals surface area contributed by atoms with Crippen LogP contribution in [0.2, 0.25) is 0 Å². The highest BCUT2D eigenvalue weighted by atomic mass is 35.9. The third kappa shape index (κ3) is 3.54. The quantitative estimate of drug-likeness (QED) is 0.487. The third-order valence-electron chi connectivity index (χ3n) is 3.87. The van der Waals surface area contributed by atoms with Gasteiger partial charge in [0, 0.05) is 11.8 Å². The molecule has 1 N–H and O–H groups in total. The number of fused-ring (bicyclic) bond motifs is 1. The van der Waals surface area contributed by atoms with Crippen molar-refractivity contribution < 1.29 is 18.5 Å². The highest BCUT2D eigenvalue weighted by molar-refractivity contribution is 8.07. The minimum atomic E-state index is -3.85. The van der Waals surface area contributed by atoms with Crippen LogP contribution in [0.5, 0.6) is 0 Å². The Labute approximate surface area is 157 Å². The van der Waals surface area contributed by atoms with Crippen molar-refractivity contribution in [1.82, 2.24) is 9.49 Å². The minimum absolute atomic E-state index is 0.137. The highest BCUT2D eigenvalue weighted by Crippen LogP contribution is 2.52. The molecule has 0 aliphatic heterocycles. The molecule has 1 aromatic carbocycles. The average Bonchev–Trinajstić information content (AvgIpc) is 2.85. The SMILES string of the molecule is Cc1c(C(=O)NP(=O)(Cl)Cl)c2ccccn2c1C(=O)c1ccc(F)cc1. The highest BCUT2D eigenvalue weighted by Gasteiger charge is 2.28. The Morgan fingerprint density at radius 2 is 1.77 bits per heavy atom. The summed E-state index contributed by atoms with van der Waals surface area (Å²) in [6.45, 7) is 1.59. The van der Waals surface area contributed by atoms with Gasteiger partial charge in [-0.15, -0.1) is 0 Å². The largest absolute Gasteiger partial charge is 0.345 e. The van der Waals surface area contributed by atoms with E-state index in [0.717, 1.165) is 0 Å². The maximum Gasteiger partial charge on any atom is 0.345 e. The first-order valence-corrected chi connectivity index (χ1v) is 10.9. The van der Waals surface area contributed by atoms with Gasteiger partial charge in [-0.25, -0.2) is 4.39 Å². The average molecular weight is 413 g/mol. The predicted octanol–water partition coefficient (Wildman–Crippen LogP) is 4.93. The monoisotopic (exact) mass is 412 g/mol. The topological polar surface area (TPSA) is 67.7 Å². The summed E-state index contributed by atoms with van der Waals surface area (Å²) in [5, 5.41) is 2.04. The number of benzene rings is 1. The summed E-state index contributed by atoms with van der Waals surface area (Å²) in [5.74, 6) is -5.45. The number of halogens is 3. The Balaban J connectivity index is 2.19. The van der Waals surface area contributed by atoms with E-state index >= 15 is 0 Å². The van der Waals surface area contributed by atoms with Crippen LogP contribution in [0.15, 0.2) is 48.7 Å². The van der Waals surface area contributed by atoms with Crippen molar-refractivity contribution in [1.29, 1.82) is 0 Å². The minimum Gasteiger partial charge on any atom is -0.313 e. The molecule has 0 radical (unpaired) electrons. The zero-order chi connectivity index (χ0) is 19.1. The Kier molecular flexibility index (Phi) is 4.93. The van der Waals surface area contributed by atoms with Crippen molar-refractivity contribution in [3.8, 4) is 0 Å². The van der Waals surface area contributed by atoms with E-state index in [-0.39, 0.29) is 22.6 Å². The lowest BCUT2D eigenvalue weighted by Crippen LogP contribution is -2.17. The van der Waals surface area contributed by atoms with E-state index in [9.17, 15) is 18.5 Å². The van der Waals surface area contributed by atoms with E-state index in [4.69, 9.17) is 22.5 Å². The lowest BCUT2D eigenvalue weighted by atomic mass is 10.0. The van der Waals surface area contributed by atoms with Gasteiger partial charge in [-0.2, -0.15) is 0 Å². The molecule has 0 bridgehead atoms. The number of nitrogens with zero attached hydrogens (tertiary/aromatic N) is 1. The van der Waals surface area contributed by atoms with E-state index in [2.05, 4.69) is 0 Å². The molecule has 0 saturated heterocycles. The number of pyridine rings is 1. The Morgan fingerprint density at radius 3 is 2.38 bits per heavy atom. The van der Waals surface area contributed by atoms with Crippen molar-refractivity contribution in [2.75, 3.05) is 0 Å². The van der Waals surface area contributed by atoms with Crippen LogP contribution in [0.4, 0.5) is 4.39 Å². The number of aromatic nitrogens is 1. The molecule has 9 heteroatoms. The Hall–Kier alpha value is -2.14. The molecule has 3 rings (SSSR count). The smallest absolute Gasteiger partial charge is 0.313 e. The molecule has 1 amide bonds. The van der Waals surface area contributed by atoms with Gasteiger partial charge in [-0.05, 0) is 71.4 Å². The molecule has 0 aliphatic carbocycles. The van der Waals surface area contributed by atoms with Gasteiger partial charge in [-0.1, -0.05) is 6.07 Å². The molecule has 0 spiro atoms. The normalized spacial score (nSPS) is 11.5. The van der Waals surface area contributed by atoms with Gasteiger partial charge in [0.1, 0.15) is 5.82 Å². The van der Waals surface area contributed by atoms with Crippen LogP contribution in [0.3, 0.4) is 0 Å². The predicted molar refractivity (Wildman–Crippen MR) is 98.7 cm³/mol. The molecule has 26 heavy (non-hydrogen) atoms. The lowest BCUT2D eigenvalue weighted by Gasteiger charge is -2.05. The lowest BCUT2D eigenvalue weighted by molar-refractivity contribution is 0.0983. The van der Waals surface area contributed by atoms with Crippen molar-refractivity contribution in [3.63, 3.8) is 0 Å². The second-order valence-corrected chi connectivity index (χ2v) is 10.1. The van der Waals surface area contributed by atoms with Crippen LogP contribution in [0.1, 0.15) is 32.0 Å². The maximum atomic E-state index is 13.1. The molecule has 134 valence electrons. The molecule has 0 aliphatic rings. The van der Waals surface area contributed by atoms with Crippen LogP contribution < -0.4 is 5.09 Å². The number of hydrogen-bond acceptors (Lipinski definition) is 3. The van der Waals surface area contributed by atoms with E-state index in [0.29, 0.717) is 11.1 Å². The zero-order valence-electron chi connectivity index (χ0n) is 13.4. The zero-order valence-corrected chi connectivity index (χ0v) is 15.8. The second-order valence-electron chi connectivity index (χ2n) is 5.54. The number of carbonyl (C=O) groups is 2. The van der Waals surface area contributed by atoms with Crippen molar-refractivity contribution in [2.24, 2.45) is 0 Å². The summed E-state index contributed by atoms with van der Waals surface area (Å²) >= 11 is 10.9. The first kappa shape index (κ1) is 18.6. The maximum absolute atomic E-state index is 13.1. The van der Waals surface area contributed by atoms with Crippen LogP contribution in [0, 0.1) is 12.7 Å².